The Morgan fingerprint density at radius 1 is 1.04 bits per heavy atom. The highest BCUT2D eigenvalue weighted by molar-refractivity contribution is 5.96. The Kier molecular flexibility index (Phi) is 5.83. The number of nitrogens with one attached hydrogen (secondary N) is 2. The molecule has 0 radical (unpaired) electrons. The second kappa shape index (κ2) is 8.05. The minimum Gasteiger partial charge on any atom is -0.496 e. The summed E-state index contributed by atoms with van der Waals surface area (Å²) in [6.45, 7) is -0.0448. The summed E-state index contributed by atoms with van der Waals surface area (Å²) >= 11 is 0. The SMILES string of the molecule is COc1ccccc1CNC(=O)CNC(=O)c1ccc(F)c(F)c1. The van der Waals surface area contributed by atoms with E-state index in [4.69, 9.17) is 4.74 Å². The molecule has 0 unspecified atom stereocenters. The molecule has 24 heavy (non-hydrogen) atoms. The third-order valence-electron chi connectivity index (χ3n) is 3.26. The predicted octanol–water partition coefficient (Wildman–Crippen LogP) is 2.02. The fourth-order valence-electron chi connectivity index (χ4n) is 2.01. The van der Waals surface area contributed by atoms with Crippen LogP contribution >= 0.6 is 0 Å². The number of para-hydroxylation sites is 1. The lowest BCUT2D eigenvalue weighted by molar-refractivity contribution is -0.120. The van der Waals surface area contributed by atoms with Crippen molar-refractivity contribution < 1.29 is 23.1 Å². The minimum absolute atomic E-state index is 0.0635. The Hall–Kier alpha value is -2.96. The number of carbonyl (C=O) groups excluding carboxylic acids is 2. The van der Waals surface area contributed by atoms with Crippen LogP contribution in [0.5, 0.6) is 5.75 Å². The van der Waals surface area contributed by atoms with Gasteiger partial charge in [-0.2, -0.15) is 0 Å². The second-order valence-corrected chi connectivity index (χ2v) is 4.90. The van der Waals surface area contributed by atoms with E-state index < -0.39 is 23.4 Å². The number of hydrogen-bond acceptors (Lipinski definition) is 3. The van der Waals surface area contributed by atoms with Crippen LogP contribution in [-0.2, 0) is 11.3 Å². The minimum atomic E-state index is -1.12. The number of carbonyl (C=O) groups is 2. The van der Waals surface area contributed by atoms with Crippen molar-refractivity contribution in [3.63, 3.8) is 0 Å². The first kappa shape index (κ1) is 17.4. The molecule has 0 bridgehead atoms. The summed E-state index contributed by atoms with van der Waals surface area (Å²) < 4.78 is 31.1. The van der Waals surface area contributed by atoms with E-state index in [2.05, 4.69) is 10.6 Å². The molecular weight excluding hydrogens is 318 g/mol. The van der Waals surface area contributed by atoms with Crippen LogP contribution < -0.4 is 15.4 Å². The van der Waals surface area contributed by atoms with Crippen LogP contribution in [0.1, 0.15) is 15.9 Å². The Morgan fingerprint density at radius 3 is 2.50 bits per heavy atom. The van der Waals surface area contributed by atoms with E-state index in [-0.39, 0.29) is 18.7 Å². The molecule has 0 spiro atoms. The number of ether oxygens (including phenoxy) is 1. The van der Waals surface area contributed by atoms with Crippen molar-refractivity contribution in [2.24, 2.45) is 0 Å². The molecule has 0 aliphatic heterocycles. The van der Waals surface area contributed by atoms with Gasteiger partial charge in [0.1, 0.15) is 5.75 Å². The Morgan fingerprint density at radius 2 is 1.79 bits per heavy atom. The molecular formula is C17H16F2N2O3. The Labute approximate surface area is 137 Å². The maximum absolute atomic E-state index is 13.1. The first-order valence-electron chi connectivity index (χ1n) is 7.13. The zero-order valence-electron chi connectivity index (χ0n) is 12.9. The van der Waals surface area contributed by atoms with Gasteiger partial charge < -0.3 is 15.4 Å². The van der Waals surface area contributed by atoms with Crippen molar-refractivity contribution in [3.05, 3.63) is 65.2 Å². The summed E-state index contributed by atoms with van der Waals surface area (Å²) in [4.78, 5) is 23.6. The molecule has 0 saturated heterocycles. The van der Waals surface area contributed by atoms with Crippen LogP contribution in [0.3, 0.4) is 0 Å². The van der Waals surface area contributed by atoms with E-state index in [1.54, 1.807) is 12.1 Å². The Balaban J connectivity index is 1.84. The maximum Gasteiger partial charge on any atom is 0.251 e. The van der Waals surface area contributed by atoms with Crippen molar-refractivity contribution in [3.8, 4) is 5.75 Å². The highest BCUT2D eigenvalue weighted by atomic mass is 19.2. The van der Waals surface area contributed by atoms with Crippen LogP contribution in [0, 0.1) is 11.6 Å². The van der Waals surface area contributed by atoms with Crippen LogP contribution in [0.25, 0.3) is 0 Å². The van der Waals surface area contributed by atoms with Crippen LogP contribution in [0.2, 0.25) is 0 Å². The van der Waals surface area contributed by atoms with Gasteiger partial charge in [-0.25, -0.2) is 8.78 Å². The van der Waals surface area contributed by atoms with Crippen LogP contribution in [0.15, 0.2) is 42.5 Å². The zero-order valence-corrected chi connectivity index (χ0v) is 12.9. The topological polar surface area (TPSA) is 67.4 Å². The van der Waals surface area contributed by atoms with Gasteiger partial charge in [-0.05, 0) is 24.3 Å². The number of benzene rings is 2. The van der Waals surface area contributed by atoms with Gasteiger partial charge in [0.15, 0.2) is 11.6 Å². The monoisotopic (exact) mass is 334 g/mol. The van der Waals surface area contributed by atoms with Gasteiger partial charge in [0.25, 0.3) is 5.91 Å². The van der Waals surface area contributed by atoms with Gasteiger partial charge in [-0.3, -0.25) is 9.59 Å². The summed E-state index contributed by atoms with van der Waals surface area (Å²) in [7, 11) is 1.53. The van der Waals surface area contributed by atoms with Crippen LogP contribution in [0.4, 0.5) is 8.78 Å². The number of halogens is 2. The molecule has 2 rings (SSSR count). The summed E-state index contributed by atoms with van der Waals surface area (Å²) in [5, 5.41) is 4.97. The average Bonchev–Trinajstić information content (AvgIpc) is 2.60. The fourth-order valence-corrected chi connectivity index (χ4v) is 2.01. The molecule has 0 atom stereocenters. The van der Waals surface area contributed by atoms with Crippen LogP contribution in [-0.4, -0.2) is 25.5 Å². The molecule has 2 aromatic rings. The normalized spacial score (nSPS) is 10.1. The lowest BCUT2D eigenvalue weighted by atomic mass is 10.2. The van der Waals surface area contributed by atoms with Gasteiger partial charge in [-0.15, -0.1) is 0 Å². The molecule has 0 heterocycles. The van der Waals surface area contributed by atoms with Gasteiger partial charge in [-0.1, -0.05) is 18.2 Å². The second-order valence-electron chi connectivity index (χ2n) is 4.90. The third-order valence-corrected chi connectivity index (χ3v) is 3.26. The molecule has 2 amide bonds. The molecule has 126 valence electrons. The summed E-state index contributed by atoms with van der Waals surface area (Å²) in [6.07, 6.45) is 0. The van der Waals surface area contributed by atoms with E-state index in [1.807, 2.05) is 12.1 Å². The largest absolute Gasteiger partial charge is 0.496 e. The molecule has 0 aliphatic rings. The van der Waals surface area contributed by atoms with Gasteiger partial charge in [0.05, 0.1) is 13.7 Å². The number of hydrogen-bond donors (Lipinski definition) is 2. The molecule has 0 saturated carbocycles. The predicted molar refractivity (Wildman–Crippen MR) is 83.5 cm³/mol. The lowest BCUT2D eigenvalue weighted by Gasteiger charge is -2.10. The summed E-state index contributed by atoms with van der Waals surface area (Å²) in [5.74, 6) is -2.61. The first-order chi connectivity index (χ1) is 11.5. The number of amides is 2. The van der Waals surface area contributed by atoms with E-state index in [0.29, 0.717) is 5.75 Å². The third kappa shape index (κ3) is 4.52. The molecule has 2 aromatic carbocycles. The van der Waals surface area contributed by atoms with E-state index in [9.17, 15) is 18.4 Å². The Bertz CT molecular complexity index is 750. The standard InChI is InChI=1S/C17H16F2N2O3/c1-24-15-5-3-2-4-12(15)9-20-16(22)10-21-17(23)11-6-7-13(18)14(19)8-11/h2-8H,9-10H2,1H3,(H,20,22)(H,21,23). The fraction of sp³-hybridized carbons (Fsp3) is 0.176. The summed E-state index contributed by atoms with van der Waals surface area (Å²) in [6, 6.07) is 9.97. The molecule has 0 aromatic heterocycles. The molecule has 0 aliphatic carbocycles. The van der Waals surface area contributed by atoms with Crippen molar-refractivity contribution in [1.29, 1.82) is 0 Å². The number of methoxy groups -OCH3 is 1. The molecule has 2 N–H and O–H groups in total. The van der Waals surface area contributed by atoms with Gasteiger partial charge in [0.2, 0.25) is 5.91 Å². The average molecular weight is 334 g/mol. The molecule has 7 heteroatoms. The van der Waals surface area contributed by atoms with Crippen molar-refractivity contribution in [2.45, 2.75) is 6.54 Å². The summed E-state index contributed by atoms with van der Waals surface area (Å²) in [5.41, 5.74) is 0.728. The van der Waals surface area contributed by atoms with Gasteiger partial charge in [0, 0.05) is 17.7 Å². The number of rotatable bonds is 6. The molecule has 0 fully saturated rings. The van der Waals surface area contributed by atoms with Crippen molar-refractivity contribution in [1.82, 2.24) is 10.6 Å². The lowest BCUT2D eigenvalue weighted by Crippen LogP contribution is -2.36. The first-order valence-corrected chi connectivity index (χ1v) is 7.13. The van der Waals surface area contributed by atoms with E-state index in [0.717, 1.165) is 23.8 Å². The highest BCUT2D eigenvalue weighted by Crippen LogP contribution is 2.16. The smallest absolute Gasteiger partial charge is 0.251 e. The molecule has 5 nitrogen and oxygen atoms in total. The van der Waals surface area contributed by atoms with E-state index in [1.165, 1.54) is 7.11 Å². The van der Waals surface area contributed by atoms with Crippen molar-refractivity contribution >= 4 is 11.8 Å². The van der Waals surface area contributed by atoms with Crippen molar-refractivity contribution in [2.75, 3.05) is 13.7 Å². The zero-order chi connectivity index (χ0) is 17.5. The highest BCUT2D eigenvalue weighted by Gasteiger charge is 2.11. The quantitative estimate of drug-likeness (QED) is 0.849. The maximum atomic E-state index is 13.1. The van der Waals surface area contributed by atoms with Gasteiger partial charge >= 0.3 is 0 Å². The van der Waals surface area contributed by atoms with E-state index >= 15 is 0 Å².